The van der Waals surface area contributed by atoms with E-state index in [1.54, 1.807) is 7.11 Å². The van der Waals surface area contributed by atoms with Crippen LogP contribution in [0.4, 0.5) is 0 Å². The number of aliphatic imine (C=N–C) groups is 1. The molecule has 25 heavy (non-hydrogen) atoms. The minimum Gasteiger partial charge on any atom is -0.383 e. The molecule has 0 unspecified atom stereocenters. The van der Waals surface area contributed by atoms with Crippen molar-refractivity contribution in [2.45, 2.75) is 39.2 Å². The van der Waals surface area contributed by atoms with E-state index in [9.17, 15) is 4.79 Å². The number of guanidine groups is 1. The first kappa shape index (κ1) is 19.7. The first-order chi connectivity index (χ1) is 12.1. The van der Waals surface area contributed by atoms with E-state index in [1.165, 1.54) is 23.4 Å². The van der Waals surface area contributed by atoms with Gasteiger partial charge >= 0.3 is 0 Å². The van der Waals surface area contributed by atoms with Gasteiger partial charge in [-0.1, -0.05) is 0 Å². The van der Waals surface area contributed by atoms with Gasteiger partial charge in [0.25, 0.3) is 0 Å². The van der Waals surface area contributed by atoms with E-state index in [4.69, 9.17) is 9.72 Å². The molecule has 0 saturated heterocycles. The predicted molar refractivity (Wildman–Crippen MR) is 101 cm³/mol. The van der Waals surface area contributed by atoms with Crippen LogP contribution in [-0.2, 0) is 28.9 Å². The van der Waals surface area contributed by atoms with Gasteiger partial charge in [0.15, 0.2) is 5.96 Å². The van der Waals surface area contributed by atoms with Crippen molar-refractivity contribution in [2.75, 3.05) is 40.4 Å². The van der Waals surface area contributed by atoms with Crippen molar-refractivity contribution in [1.29, 1.82) is 0 Å². The highest BCUT2D eigenvalue weighted by Gasteiger charge is 2.17. The van der Waals surface area contributed by atoms with Crippen molar-refractivity contribution in [1.82, 2.24) is 20.5 Å². The number of rotatable bonds is 8. The van der Waals surface area contributed by atoms with Crippen LogP contribution in [0, 0.1) is 0 Å². The second-order valence-electron chi connectivity index (χ2n) is 6.05. The summed E-state index contributed by atoms with van der Waals surface area (Å²) in [6.45, 7) is 4.58. The Morgan fingerprint density at radius 2 is 2.16 bits per heavy atom. The number of nitrogens with zero attached hydrogens (tertiary/aromatic N) is 3. The predicted octanol–water partition coefficient (Wildman–Crippen LogP) is 1.18. The number of carbonyl (C=O) groups excluding carboxylic acids is 1. The molecule has 7 nitrogen and oxygen atoms in total. The van der Waals surface area contributed by atoms with Gasteiger partial charge in [-0.25, -0.2) is 9.98 Å². The van der Waals surface area contributed by atoms with Crippen molar-refractivity contribution in [3.05, 3.63) is 15.6 Å². The fraction of sp³-hybridized carbons (Fsp3) is 0.706. The van der Waals surface area contributed by atoms with Crippen LogP contribution in [0.15, 0.2) is 4.99 Å². The van der Waals surface area contributed by atoms with E-state index >= 15 is 0 Å². The maximum absolute atomic E-state index is 11.8. The lowest BCUT2D eigenvalue weighted by molar-refractivity contribution is -0.119. The third-order valence-corrected chi connectivity index (χ3v) is 5.10. The molecule has 0 bridgehead atoms. The minimum atomic E-state index is -0.106. The van der Waals surface area contributed by atoms with Gasteiger partial charge in [-0.2, -0.15) is 0 Å². The van der Waals surface area contributed by atoms with Crippen LogP contribution in [0.5, 0.6) is 0 Å². The Balaban J connectivity index is 1.92. The average molecular weight is 368 g/mol. The SMILES string of the molecule is CCNC(=NCC(=O)NCCOC)N(C)Cc1nc2c(s1)CCCC2. The van der Waals surface area contributed by atoms with E-state index in [0.29, 0.717) is 19.7 Å². The second kappa shape index (κ2) is 10.4. The Labute approximate surface area is 153 Å². The van der Waals surface area contributed by atoms with Crippen LogP contribution in [0.3, 0.4) is 0 Å². The van der Waals surface area contributed by atoms with E-state index in [0.717, 1.165) is 30.4 Å². The fourth-order valence-corrected chi connectivity index (χ4v) is 3.93. The molecule has 1 aliphatic rings. The zero-order valence-corrected chi connectivity index (χ0v) is 16.2. The van der Waals surface area contributed by atoms with E-state index in [1.807, 2.05) is 30.2 Å². The average Bonchev–Trinajstić information content (AvgIpc) is 3.00. The molecular weight excluding hydrogens is 338 g/mol. The highest BCUT2D eigenvalue weighted by molar-refractivity contribution is 7.11. The number of fused-ring (bicyclic) bond motifs is 1. The van der Waals surface area contributed by atoms with E-state index in [2.05, 4.69) is 15.6 Å². The summed E-state index contributed by atoms with van der Waals surface area (Å²) in [5.74, 6) is 0.614. The Bertz CT molecular complexity index is 564. The Morgan fingerprint density at radius 1 is 1.36 bits per heavy atom. The van der Waals surface area contributed by atoms with Crippen LogP contribution in [0.2, 0.25) is 0 Å². The number of carbonyl (C=O) groups is 1. The van der Waals surface area contributed by atoms with Gasteiger partial charge in [-0.3, -0.25) is 4.79 Å². The van der Waals surface area contributed by atoms with Gasteiger partial charge < -0.3 is 20.3 Å². The fourth-order valence-electron chi connectivity index (χ4n) is 2.72. The molecule has 1 aromatic rings. The smallest absolute Gasteiger partial charge is 0.241 e. The third kappa shape index (κ3) is 6.28. The second-order valence-corrected chi connectivity index (χ2v) is 7.22. The van der Waals surface area contributed by atoms with Crippen LogP contribution >= 0.6 is 11.3 Å². The minimum absolute atomic E-state index is 0.102. The van der Waals surface area contributed by atoms with Crippen molar-refractivity contribution in [3.8, 4) is 0 Å². The molecule has 0 radical (unpaired) electrons. The number of nitrogens with one attached hydrogen (secondary N) is 2. The summed E-state index contributed by atoms with van der Waals surface area (Å²) in [6.07, 6.45) is 4.78. The molecule has 0 spiro atoms. The number of amides is 1. The number of thiazole rings is 1. The topological polar surface area (TPSA) is 78.8 Å². The van der Waals surface area contributed by atoms with Crippen LogP contribution in [0.25, 0.3) is 0 Å². The van der Waals surface area contributed by atoms with Crippen LogP contribution in [-0.4, -0.2) is 62.1 Å². The van der Waals surface area contributed by atoms with E-state index < -0.39 is 0 Å². The summed E-state index contributed by atoms with van der Waals surface area (Å²) in [5.41, 5.74) is 1.28. The zero-order valence-electron chi connectivity index (χ0n) is 15.4. The van der Waals surface area contributed by atoms with E-state index in [-0.39, 0.29) is 12.5 Å². The van der Waals surface area contributed by atoms with Gasteiger partial charge in [0.1, 0.15) is 11.6 Å². The van der Waals surface area contributed by atoms with Crippen molar-refractivity contribution in [3.63, 3.8) is 0 Å². The Kier molecular flexibility index (Phi) is 8.14. The molecule has 0 fully saturated rings. The number of methoxy groups -OCH3 is 1. The molecule has 0 atom stereocenters. The number of hydrogen-bond donors (Lipinski definition) is 2. The number of aromatic nitrogens is 1. The molecule has 1 aliphatic carbocycles. The summed E-state index contributed by atoms with van der Waals surface area (Å²) in [4.78, 5) is 24.5. The normalized spacial score (nSPS) is 14.1. The first-order valence-electron chi connectivity index (χ1n) is 8.86. The van der Waals surface area contributed by atoms with Crippen molar-refractivity contribution in [2.24, 2.45) is 4.99 Å². The lowest BCUT2D eigenvalue weighted by Crippen LogP contribution is -2.39. The molecular formula is C17H29N5O2S. The maximum Gasteiger partial charge on any atom is 0.241 e. The number of hydrogen-bond acceptors (Lipinski definition) is 5. The molecule has 2 N–H and O–H groups in total. The summed E-state index contributed by atoms with van der Waals surface area (Å²) in [6, 6.07) is 0. The van der Waals surface area contributed by atoms with Crippen LogP contribution in [0.1, 0.15) is 35.3 Å². The van der Waals surface area contributed by atoms with Crippen molar-refractivity contribution >= 4 is 23.2 Å². The highest BCUT2D eigenvalue weighted by atomic mass is 32.1. The summed E-state index contributed by atoms with van der Waals surface area (Å²) < 4.78 is 4.92. The number of aryl methyl sites for hydroxylation is 2. The van der Waals surface area contributed by atoms with Gasteiger partial charge in [-0.05, 0) is 32.6 Å². The summed E-state index contributed by atoms with van der Waals surface area (Å²) in [5, 5.41) is 7.13. The molecule has 8 heteroatoms. The molecule has 1 aromatic heterocycles. The zero-order chi connectivity index (χ0) is 18.1. The summed E-state index contributed by atoms with van der Waals surface area (Å²) >= 11 is 1.81. The third-order valence-electron chi connectivity index (χ3n) is 3.96. The highest BCUT2D eigenvalue weighted by Crippen LogP contribution is 2.27. The monoisotopic (exact) mass is 367 g/mol. The standard InChI is InChI=1S/C17H29N5O2S/c1-4-18-17(20-11-15(23)19-9-10-24-3)22(2)12-16-21-13-7-5-6-8-14(13)25-16/h4-12H2,1-3H3,(H,18,20)(H,19,23). The quantitative estimate of drug-likeness (QED) is 0.410. The van der Waals surface area contributed by atoms with Gasteiger partial charge in [0, 0.05) is 32.1 Å². The molecule has 1 heterocycles. The molecule has 0 aromatic carbocycles. The van der Waals surface area contributed by atoms with Gasteiger partial charge in [0.05, 0.1) is 18.8 Å². The molecule has 0 saturated carbocycles. The van der Waals surface area contributed by atoms with Crippen LogP contribution < -0.4 is 10.6 Å². The maximum atomic E-state index is 11.8. The molecule has 140 valence electrons. The van der Waals surface area contributed by atoms with Gasteiger partial charge in [0.2, 0.25) is 5.91 Å². The lowest BCUT2D eigenvalue weighted by atomic mass is 10.0. The van der Waals surface area contributed by atoms with Gasteiger partial charge in [-0.15, -0.1) is 11.3 Å². The lowest BCUT2D eigenvalue weighted by Gasteiger charge is -2.20. The largest absolute Gasteiger partial charge is 0.383 e. The summed E-state index contributed by atoms with van der Waals surface area (Å²) in [7, 11) is 3.59. The Hall–Kier alpha value is -1.67. The first-order valence-corrected chi connectivity index (χ1v) is 9.68. The molecule has 0 aliphatic heterocycles. The molecule has 2 rings (SSSR count). The number of ether oxygens (including phenoxy) is 1. The molecule has 1 amide bonds. The Morgan fingerprint density at radius 3 is 2.88 bits per heavy atom. The van der Waals surface area contributed by atoms with Crippen molar-refractivity contribution < 1.29 is 9.53 Å².